The summed E-state index contributed by atoms with van der Waals surface area (Å²) in [6, 6.07) is 14.4. The minimum atomic E-state index is -3.31. The lowest BCUT2D eigenvalue weighted by molar-refractivity contribution is 0.282. The molecule has 4 rings (SSSR count). The van der Waals surface area contributed by atoms with Gasteiger partial charge in [-0.2, -0.15) is 0 Å². The second-order valence-corrected chi connectivity index (χ2v) is 9.95. The largest absolute Gasteiger partial charge is 0.392 e. The molecule has 0 saturated carbocycles. The highest BCUT2D eigenvalue weighted by molar-refractivity contribution is 7.92. The van der Waals surface area contributed by atoms with Crippen LogP contribution in [0.1, 0.15) is 29.5 Å². The molecule has 2 heterocycles. The number of rotatable bonds is 7. The molecule has 1 aliphatic heterocycles. The third kappa shape index (κ3) is 5.40. The van der Waals surface area contributed by atoms with Crippen LogP contribution in [0.5, 0.6) is 0 Å². The summed E-state index contributed by atoms with van der Waals surface area (Å²) in [7, 11) is -3.31. The molecule has 166 valence electrons. The second-order valence-electron chi connectivity index (χ2n) is 7.72. The van der Waals surface area contributed by atoms with Gasteiger partial charge in [0.2, 0.25) is 5.95 Å². The highest BCUT2D eigenvalue weighted by Crippen LogP contribution is 2.24. The number of aliphatic hydroxyl groups excluding tert-OH is 1. The van der Waals surface area contributed by atoms with Crippen LogP contribution in [0.3, 0.4) is 0 Å². The molecule has 0 spiro atoms. The molecular formula is C24H26N4O3S. The van der Waals surface area contributed by atoms with Crippen LogP contribution >= 0.6 is 0 Å². The molecule has 1 aliphatic rings. The van der Waals surface area contributed by atoms with Gasteiger partial charge in [0.05, 0.1) is 16.8 Å². The van der Waals surface area contributed by atoms with Crippen LogP contribution in [-0.2, 0) is 16.4 Å². The number of nitrogens with zero attached hydrogens (tertiary/aromatic N) is 2. The third-order valence-corrected chi connectivity index (χ3v) is 7.72. The molecule has 0 unspecified atom stereocenters. The Morgan fingerprint density at radius 1 is 1.00 bits per heavy atom. The number of aromatic nitrogens is 2. The average Bonchev–Trinajstić information content (AvgIpc) is 2.84. The summed E-state index contributed by atoms with van der Waals surface area (Å²) in [6.07, 6.45) is 8.54. The fourth-order valence-corrected chi connectivity index (χ4v) is 5.39. The Balaban J connectivity index is 1.39. The molecular weight excluding hydrogens is 424 g/mol. The molecule has 3 aromatic rings. The number of hydrogen-bond acceptors (Lipinski definition) is 7. The Labute approximate surface area is 188 Å². The summed E-state index contributed by atoms with van der Waals surface area (Å²) in [5.41, 5.74) is 3.41. The van der Waals surface area contributed by atoms with E-state index in [1.165, 1.54) is 0 Å². The van der Waals surface area contributed by atoms with Gasteiger partial charge in [0.25, 0.3) is 0 Å². The number of piperidine rings is 1. The molecule has 0 atom stereocenters. The van der Waals surface area contributed by atoms with Crippen molar-refractivity contribution in [1.29, 1.82) is 0 Å². The van der Waals surface area contributed by atoms with E-state index < -0.39 is 9.84 Å². The highest BCUT2D eigenvalue weighted by Gasteiger charge is 2.28. The van der Waals surface area contributed by atoms with E-state index in [-0.39, 0.29) is 11.9 Å². The fourth-order valence-electron chi connectivity index (χ4n) is 3.63. The van der Waals surface area contributed by atoms with Gasteiger partial charge in [-0.05, 0) is 67.4 Å². The number of aliphatic hydroxyl groups is 1. The zero-order valence-electron chi connectivity index (χ0n) is 17.6. The van der Waals surface area contributed by atoms with Crippen LogP contribution in [0.25, 0.3) is 12.2 Å². The van der Waals surface area contributed by atoms with Gasteiger partial charge in [0.1, 0.15) is 0 Å². The number of benzene rings is 2. The highest BCUT2D eigenvalue weighted by atomic mass is 32.2. The van der Waals surface area contributed by atoms with Gasteiger partial charge in [0, 0.05) is 23.6 Å². The lowest BCUT2D eigenvalue weighted by Gasteiger charge is -2.22. The summed E-state index contributed by atoms with van der Waals surface area (Å²) in [6.45, 7) is 1.48. The average molecular weight is 451 g/mol. The summed E-state index contributed by atoms with van der Waals surface area (Å²) in [5.74, 6) is 0.429. The van der Waals surface area contributed by atoms with E-state index in [2.05, 4.69) is 20.6 Å². The maximum Gasteiger partial charge on any atom is 0.227 e. The van der Waals surface area contributed by atoms with Crippen molar-refractivity contribution in [3.8, 4) is 0 Å². The van der Waals surface area contributed by atoms with E-state index >= 15 is 0 Å². The Morgan fingerprint density at radius 3 is 2.38 bits per heavy atom. The van der Waals surface area contributed by atoms with Crippen LogP contribution in [0.4, 0.5) is 11.6 Å². The summed E-state index contributed by atoms with van der Waals surface area (Å²) >= 11 is 0. The van der Waals surface area contributed by atoms with E-state index in [1.54, 1.807) is 36.7 Å². The quantitative estimate of drug-likeness (QED) is 0.507. The monoisotopic (exact) mass is 450 g/mol. The molecule has 0 amide bonds. The van der Waals surface area contributed by atoms with Gasteiger partial charge < -0.3 is 15.7 Å². The van der Waals surface area contributed by atoms with E-state index in [1.807, 2.05) is 36.4 Å². The Kier molecular flexibility index (Phi) is 6.94. The van der Waals surface area contributed by atoms with E-state index in [0.717, 1.165) is 35.5 Å². The summed E-state index contributed by atoms with van der Waals surface area (Å²) in [4.78, 5) is 9.00. The molecule has 0 aliphatic carbocycles. The minimum Gasteiger partial charge on any atom is -0.392 e. The van der Waals surface area contributed by atoms with Crippen molar-refractivity contribution in [2.45, 2.75) is 29.6 Å². The topological polar surface area (TPSA) is 104 Å². The van der Waals surface area contributed by atoms with Crippen LogP contribution in [0.15, 0.2) is 65.8 Å². The Hall–Kier alpha value is -3.07. The van der Waals surface area contributed by atoms with Crippen LogP contribution in [0.2, 0.25) is 0 Å². The predicted octanol–water partition coefficient (Wildman–Crippen LogP) is 3.41. The molecule has 1 aromatic heterocycles. The van der Waals surface area contributed by atoms with E-state index in [4.69, 9.17) is 0 Å². The van der Waals surface area contributed by atoms with Crippen LogP contribution in [-0.4, -0.2) is 41.8 Å². The molecule has 1 fully saturated rings. The Bertz CT molecular complexity index is 1170. The molecule has 3 N–H and O–H groups in total. The van der Waals surface area contributed by atoms with Gasteiger partial charge in [-0.25, -0.2) is 18.4 Å². The fraction of sp³-hybridized carbons (Fsp3) is 0.250. The lowest BCUT2D eigenvalue weighted by atomic mass is 10.1. The number of hydrogen-bond donors (Lipinski definition) is 3. The smallest absolute Gasteiger partial charge is 0.227 e. The molecule has 32 heavy (non-hydrogen) atoms. The van der Waals surface area contributed by atoms with Gasteiger partial charge >= 0.3 is 0 Å². The van der Waals surface area contributed by atoms with Gasteiger partial charge in [-0.15, -0.1) is 0 Å². The van der Waals surface area contributed by atoms with Gasteiger partial charge in [-0.1, -0.05) is 30.4 Å². The normalized spacial score (nSPS) is 15.2. The van der Waals surface area contributed by atoms with Crippen LogP contribution in [0, 0.1) is 0 Å². The summed E-state index contributed by atoms with van der Waals surface area (Å²) < 4.78 is 25.6. The first-order valence-electron chi connectivity index (χ1n) is 10.6. The number of anilines is 2. The first kappa shape index (κ1) is 22.1. The molecule has 8 heteroatoms. The maximum atomic E-state index is 12.8. The number of sulfone groups is 1. The lowest BCUT2D eigenvalue weighted by Crippen LogP contribution is -2.35. The second kappa shape index (κ2) is 10.0. The molecule has 2 aromatic carbocycles. The van der Waals surface area contributed by atoms with Crippen molar-refractivity contribution in [2.75, 3.05) is 18.4 Å². The standard InChI is InChI=1S/C24H26N4O3S/c29-17-19-3-1-2-18(14-19)4-5-20-15-26-24(27-16-20)28-21-6-8-22(9-7-21)32(30,31)23-10-12-25-13-11-23/h1-9,14-16,23,25,29H,10-13,17H2,(H,26,27,28). The predicted molar refractivity (Wildman–Crippen MR) is 126 cm³/mol. The van der Waals surface area contributed by atoms with Gasteiger partial charge in [-0.3, -0.25) is 0 Å². The van der Waals surface area contributed by atoms with Crippen molar-refractivity contribution in [3.63, 3.8) is 0 Å². The minimum absolute atomic E-state index is 0.0100. The van der Waals surface area contributed by atoms with Crippen molar-refractivity contribution in [1.82, 2.24) is 15.3 Å². The van der Waals surface area contributed by atoms with Crippen molar-refractivity contribution in [3.05, 3.63) is 77.6 Å². The first-order chi connectivity index (χ1) is 15.5. The molecule has 0 bridgehead atoms. The molecule has 1 saturated heterocycles. The first-order valence-corrected chi connectivity index (χ1v) is 12.1. The van der Waals surface area contributed by atoms with E-state index in [0.29, 0.717) is 23.7 Å². The number of nitrogens with one attached hydrogen (secondary N) is 2. The van der Waals surface area contributed by atoms with Crippen molar-refractivity contribution < 1.29 is 13.5 Å². The van der Waals surface area contributed by atoms with Crippen molar-refractivity contribution in [2.24, 2.45) is 0 Å². The Morgan fingerprint density at radius 2 is 1.69 bits per heavy atom. The van der Waals surface area contributed by atoms with Crippen LogP contribution < -0.4 is 10.6 Å². The van der Waals surface area contributed by atoms with E-state index in [9.17, 15) is 13.5 Å². The SMILES string of the molecule is O=S(=O)(c1ccc(Nc2ncc(C=Cc3cccc(CO)c3)cn2)cc1)C1CCNCC1. The third-order valence-electron chi connectivity index (χ3n) is 5.44. The zero-order chi connectivity index (χ0) is 22.4. The van der Waals surface area contributed by atoms with Gasteiger partial charge in [0.15, 0.2) is 9.84 Å². The zero-order valence-corrected chi connectivity index (χ0v) is 18.4. The van der Waals surface area contributed by atoms with Crippen molar-refractivity contribution >= 4 is 33.6 Å². The summed E-state index contributed by atoms with van der Waals surface area (Å²) in [5, 5.41) is 15.2. The molecule has 0 radical (unpaired) electrons. The maximum absolute atomic E-state index is 12.8. The molecule has 7 nitrogen and oxygen atoms in total.